The monoisotopic (exact) mass is 428 g/mol. The van der Waals surface area contributed by atoms with Crippen LogP contribution in [-0.4, -0.2) is 35.5 Å². The number of carbonyl (C=O) groups is 4. The molecule has 0 spiro atoms. The molecule has 0 aromatic heterocycles. The van der Waals surface area contributed by atoms with Crippen LogP contribution in [0, 0.1) is 0 Å². The first-order valence-corrected chi connectivity index (χ1v) is 8.50. The quantitative estimate of drug-likeness (QED) is 0.556. The molecule has 11 heteroatoms. The third kappa shape index (κ3) is 3.87. The minimum atomic E-state index is -5.06. The number of rotatable bonds is 0. The lowest BCUT2D eigenvalue weighted by Gasteiger charge is -2.30. The SMILES string of the molecule is CC1(C)OC(=O)C(=c2ccc(=C3C(=O)OC(C)(C)OC3=O)c(C(F)(F)F)c2)C(=O)O1. The van der Waals surface area contributed by atoms with E-state index >= 15 is 0 Å². The minimum absolute atomic E-state index is 0.443. The highest BCUT2D eigenvalue weighted by Crippen LogP contribution is 2.29. The summed E-state index contributed by atoms with van der Waals surface area (Å²) in [5, 5.41) is -1.29. The first-order chi connectivity index (χ1) is 13.6. The highest BCUT2D eigenvalue weighted by atomic mass is 19.4. The van der Waals surface area contributed by atoms with Gasteiger partial charge in [-0.15, -0.1) is 0 Å². The fourth-order valence-corrected chi connectivity index (χ4v) is 2.91. The van der Waals surface area contributed by atoms with Crippen molar-refractivity contribution in [2.45, 2.75) is 45.4 Å². The van der Waals surface area contributed by atoms with Crippen LogP contribution in [0.5, 0.6) is 0 Å². The zero-order chi connectivity index (χ0) is 22.6. The summed E-state index contributed by atoms with van der Waals surface area (Å²) in [7, 11) is 0. The molecule has 0 amide bonds. The maximum Gasteiger partial charge on any atom is 0.417 e. The summed E-state index contributed by atoms with van der Waals surface area (Å²) in [5.74, 6) is -8.19. The first-order valence-electron chi connectivity index (χ1n) is 8.50. The van der Waals surface area contributed by atoms with Crippen LogP contribution in [0.15, 0.2) is 18.2 Å². The van der Waals surface area contributed by atoms with Crippen LogP contribution in [0.1, 0.15) is 33.3 Å². The molecule has 2 aliphatic rings. The Balaban J connectivity index is 2.31. The normalized spacial score (nSPS) is 20.9. The van der Waals surface area contributed by atoms with E-state index in [2.05, 4.69) is 0 Å². The van der Waals surface area contributed by atoms with Crippen LogP contribution in [0.25, 0.3) is 11.1 Å². The van der Waals surface area contributed by atoms with E-state index in [0.717, 1.165) is 12.1 Å². The lowest BCUT2D eigenvalue weighted by atomic mass is 10.0. The molecule has 0 saturated carbocycles. The smallest absolute Gasteiger partial charge is 0.417 e. The van der Waals surface area contributed by atoms with Crippen LogP contribution < -0.4 is 10.4 Å². The van der Waals surface area contributed by atoms with Crippen molar-refractivity contribution < 1.29 is 51.3 Å². The highest BCUT2D eigenvalue weighted by molar-refractivity contribution is 6.38. The molecule has 1 aromatic carbocycles. The van der Waals surface area contributed by atoms with Gasteiger partial charge >= 0.3 is 30.1 Å². The van der Waals surface area contributed by atoms with E-state index in [1.165, 1.54) is 27.7 Å². The summed E-state index contributed by atoms with van der Waals surface area (Å²) in [6.07, 6.45) is -5.06. The molecule has 2 fully saturated rings. The molecule has 0 atom stereocenters. The number of cyclic esters (lactones) is 4. The molecule has 0 N–H and O–H groups in total. The maximum atomic E-state index is 13.7. The van der Waals surface area contributed by atoms with E-state index in [1.54, 1.807) is 0 Å². The Kier molecular flexibility index (Phi) is 4.68. The molecular weight excluding hydrogens is 413 g/mol. The molecule has 0 aliphatic carbocycles. The van der Waals surface area contributed by atoms with Gasteiger partial charge < -0.3 is 18.9 Å². The summed E-state index contributed by atoms with van der Waals surface area (Å²) in [5.41, 5.74) is -3.18. The molecule has 0 radical (unpaired) electrons. The zero-order valence-corrected chi connectivity index (χ0v) is 16.1. The standard InChI is InChI=1S/C19H15F3O8/c1-17(2)27-13(23)11(14(24)28-17)8-5-6-9(10(7-8)19(20,21)22)12-15(25)29-18(3,4)30-16(12)26/h5-7H,1-4H3. The topological polar surface area (TPSA) is 105 Å². The molecule has 3 rings (SSSR count). The van der Waals surface area contributed by atoms with Crippen molar-refractivity contribution in [3.63, 3.8) is 0 Å². The summed E-state index contributed by atoms with van der Waals surface area (Å²) < 4.78 is 60.6. The molecule has 2 aliphatic heterocycles. The Labute approximate surface area is 166 Å². The Bertz CT molecular complexity index is 1070. The van der Waals surface area contributed by atoms with Gasteiger partial charge in [-0.1, -0.05) is 12.1 Å². The van der Waals surface area contributed by atoms with Gasteiger partial charge in [0.2, 0.25) is 0 Å². The molecule has 0 bridgehead atoms. The van der Waals surface area contributed by atoms with Gasteiger partial charge in [-0.05, 0) is 11.3 Å². The van der Waals surface area contributed by atoms with Gasteiger partial charge in [0.1, 0.15) is 0 Å². The zero-order valence-electron chi connectivity index (χ0n) is 16.1. The number of esters is 4. The molecule has 1 aromatic rings. The van der Waals surface area contributed by atoms with Gasteiger partial charge in [-0.2, -0.15) is 13.2 Å². The number of carbonyl (C=O) groups excluding carboxylic acids is 4. The number of hydrogen-bond acceptors (Lipinski definition) is 8. The van der Waals surface area contributed by atoms with Gasteiger partial charge in [0.25, 0.3) is 11.6 Å². The summed E-state index contributed by atoms with van der Waals surface area (Å²) in [6, 6.07) is 2.16. The minimum Gasteiger partial charge on any atom is -0.419 e. The molecule has 8 nitrogen and oxygen atoms in total. The average Bonchev–Trinajstić information content (AvgIpc) is 2.51. The third-order valence-corrected chi connectivity index (χ3v) is 4.05. The predicted molar refractivity (Wildman–Crippen MR) is 90.0 cm³/mol. The van der Waals surface area contributed by atoms with Crippen LogP contribution in [-0.2, 0) is 44.3 Å². The average molecular weight is 428 g/mol. The van der Waals surface area contributed by atoms with E-state index in [-0.39, 0.29) is 0 Å². The van der Waals surface area contributed by atoms with Crippen molar-refractivity contribution in [3.8, 4) is 0 Å². The maximum absolute atomic E-state index is 13.7. The predicted octanol–water partition coefficient (Wildman–Crippen LogP) is 0.679. The van der Waals surface area contributed by atoms with Gasteiger partial charge in [-0.3, -0.25) is 0 Å². The number of halogens is 3. The second-order valence-electron chi connectivity index (χ2n) is 7.37. The van der Waals surface area contributed by atoms with Crippen LogP contribution in [0.3, 0.4) is 0 Å². The van der Waals surface area contributed by atoms with E-state index in [1.807, 2.05) is 0 Å². The van der Waals surface area contributed by atoms with Crippen molar-refractivity contribution in [1.82, 2.24) is 0 Å². The lowest BCUT2D eigenvalue weighted by Crippen LogP contribution is -2.45. The second-order valence-corrected chi connectivity index (χ2v) is 7.37. The van der Waals surface area contributed by atoms with E-state index in [4.69, 9.17) is 18.9 Å². The van der Waals surface area contributed by atoms with Gasteiger partial charge in [-0.25, -0.2) is 19.2 Å². The Hall–Kier alpha value is -3.37. The van der Waals surface area contributed by atoms with Crippen molar-refractivity contribution in [2.75, 3.05) is 0 Å². The molecule has 2 saturated heterocycles. The van der Waals surface area contributed by atoms with Crippen LogP contribution in [0.4, 0.5) is 13.2 Å². The van der Waals surface area contributed by atoms with E-state index in [9.17, 15) is 32.3 Å². The fraction of sp³-hybridized carbons (Fsp3) is 0.368. The Morgan fingerprint density at radius 1 is 0.700 bits per heavy atom. The molecular formula is C19H15F3O8. The molecule has 30 heavy (non-hydrogen) atoms. The number of hydrogen-bond donors (Lipinski definition) is 0. The third-order valence-electron chi connectivity index (χ3n) is 4.05. The van der Waals surface area contributed by atoms with Crippen molar-refractivity contribution in [3.05, 3.63) is 34.2 Å². The summed E-state index contributed by atoms with van der Waals surface area (Å²) in [4.78, 5) is 48.7. The number of ether oxygens (including phenoxy) is 4. The van der Waals surface area contributed by atoms with Gasteiger partial charge in [0.15, 0.2) is 11.1 Å². The van der Waals surface area contributed by atoms with Crippen molar-refractivity contribution in [2.24, 2.45) is 0 Å². The fourth-order valence-electron chi connectivity index (χ4n) is 2.91. The van der Waals surface area contributed by atoms with Gasteiger partial charge in [0.05, 0.1) is 5.56 Å². The van der Waals surface area contributed by atoms with Crippen LogP contribution >= 0.6 is 0 Å². The second kappa shape index (κ2) is 6.57. The number of alkyl halides is 3. The summed E-state index contributed by atoms with van der Waals surface area (Å²) >= 11 is 0. The van der Waals surface area contributed by atoms with Crippen molar-refractivity contribution >= 4 is 35.0 Å². The molecule has 160 valence electrons. The van der Waals surface area contributed by atoms with Gasteiger partial charge in [0, 0.05) is 32.9 Å². The Morgan fingerprint density at radius 3 is 1.50 bits per heavy atom. The highest BCUT2D eigenvalue weighted by Gasteiger charge is 2.43. The molecule has 2 heterocycles. The van der Waals surface area contributed by atoms with E-state index in [0.29, 0.717) is 6.07 Å². The van der Waals surface area contributed by atoms with E-state index < -0.39 is 68.8 Å². The van der Waals surface area contributed by atoms with Crippen molar-refractivity contribution in [1.29, 1.82) is 0 Å². The van der Waals surface area contributed by atoms with Crippen LogP contribution in [0.2, 0.25) is 0 Å². The molecule has 0 unspecified atom stereocenters. The first kappa shape index (κ1) is 21.3. The largest absolute Gasteiger partial charge is 0.419 e. The Morgan fingerprint density at radius 2 is 1.10 bits per heavy atom. The summed E-state index contributed by atoms with van der Waals surface area (Å²) in [6.45, 7) is 5.04. The lowest BCUT2D eigenvalue weighted by molar-refractivity contribution is -0.219. The number of benzene rings is 1.